The molecule has 0 unspecified atom stereocenters. The monoisotopic (exact) mass is 291 g/mol. The first-order valence-corrected chi connectivity index (χ1v) is 6.89. The third-order valence-corrected chi connectivity index (χ3v) is 3.85. The molecule has 20 heavy (non-hydrogen) atoms. The van der Waals surface area contributed by atoms with E-state index in [1.54, 1.807) is 0 Å². The lowest BCUT2D eigenvalue weighted by Gasteiger charge is -2.18. The van der Waals surface area contributed by atoms with Crippen molar-refractivity contribution in [2.45, 2.75) is 6.92 Å². The molecular weight excluding hydrogens is 278 g/mol. The fourth-order valence-corrected chi connectivity index (χ4v) is 2.68. The van der Waals surface area contributed by atoms with Gasteiger partial charge in [0.25, 0.3) is 0 Å². The van der Waals surface area contributed by atoms with Crippen LogP contribution in [-0.4, -0.2) is 24.0 Å². The van der Waals surface area contributed by atoms with Crippen LogP contribution in [-0.2, 0) is 0 Å². The second-order valence-corrected chi connectivity index (χ2v) is 5.27. The molecule has 0 bridgehead atoms. The Labute approximate surface area is 119 Å². The number of carbonyl (C=O) groups excluding carboxylic acids is 1. The smallest absolute Gasteiger partial charge is 0.189 e. The zero-order valence-electron chi connectivity index (χ0n) is 10.8. The van der Waals surface area contributed by atoms with Gasteiger partial charge in [-0.15, -0.1) is 0 Å². The minimum atomic E-state index is -0.0878. The van der Waals surface area contributed by atoms with Crippen LogP contribution in [0.4, 0.5) is 16.6 Å². The molecule has 1 aromatic carbocycles. The number of hydrogen-bond acceptors (Lipinski definition) is 7. The fourth-order valence-electron chi connectivity index (χ4n) is 1.88. The molecule has 1 aromatic heterocycles. The summed E-state index contributed by atoms with van der Waals surface area (Å²) in [5.74, 6) is 1.58. The minimum absolute atomic E-state index is 0.0878. The van der Waals surface area contributed by atoms with Gasteiger partial charge in [0.2, 0.25) is 0 Å². The van der Waals surface area contributed by atoms with Gasteiger partial charge in [0.05, 0.1) is 0 Å². The normalized spacial score (nSPS) is 13.1. The number of anilines is 3. The maximum Gasteiger partial charge on any atom is 0.189 e. The third-order valence-electron chi connectivity index (χ3n) is 2.77. The highest BCUT2D eigenvalue weighted by Gasteiger charge is 2.14. The first kappa shape index (κ1) is 12.7. The number of aromatic nitrogens is 1. The lowest BCUT2D eigenvalue weighted by Crippen LogP contribution is -2.15. The van der Waals surface area contributed by atoms with Crippen molar-refractivity contribution in [1.29, 1.82) is 0 Å². The number of ether oxygens (including phenoxy) is 2. The van der Waals surface area contributed by atoms with Gasteiger partial charge in [0.1, 0.15) is 23.9 Å². The Hall–Kier alpha value is -2.28. The summed E-state index contributed by atoms with van der Waals surface area (Å²) < 4.78 is 11.0. The predicted octanol–water partition coefficient (Wildman–Crippen LogP) is 2.44. The molecule has 2 aromatic rings. The van der Waals surface area contributed by atoms with E-state index in [1.807, 2.05) is 18.2 Å². The molecule has 0 spiro atoms. The van der Waals surface area contributed by atoms with Crippen LogP contribution in [0.3, 0.4) is 0 Å². The van der Waals surface area contributed by atoms with Crippen molar-refractivity contribution in [3.05, 3.63) is 23.1 Å². The molecule has 0 aliphatic carbocycles. The van der Waals surface area contributed by atoms with Crippen LogP contribution in [0, 0.1) is 0 Å². The molecule has 3 rings (SSSR count). The van der Waals surface area contributed by atoms with E-state index < -0.39 is 0 Å². The highest BCUT2D eigenvalue weighted by molar-refractivity contribution is 7.18. The fraction of sp³-hybridized carbons (Fsp3) is 0.231. The number of fused-ring (bicyclic) bond motifs is 1. The van der Waals surface area contributed by atoms with Crippen LogP contribution in [0.15, 0.2) is 18.2 Å². The van der Waals surface area contributed by atoms with Crippen molar-refractivity contribution in [2.24, 2.45) is 0 Å². The van der Waals surface area contributed by atoms with Crippen molar-refractivity contribution in [3.8, 4) is 11.5 Å². The quantitative estimate of drug-likeness (QED) is 0.845. The Morgan fingerprint density at radius 3 is 2.80 bits per heavy atom. The molecule has 1 aliphatic rings. The number of nitrogens with two attached hydrogens (primary N) is 1. The van der Waals surface area contributed by atoms with Crippen LogP contribution < -0.4 is 20.5 Å². The second-order valence-electron chi connectivity index (χ2n) is 4.27. The number of nitrogen functional groups attached to an aromatic ring is 1. The van der Waals surface area contributed by atoms with Gasteiger partial charge in [0.15, 0.2) is 22.4 Å². The van der Waals surface area contributed by atoms with E-state index in [-0.39, 0.29) is 11.6 Å². The van der Waals surface area contributed by atoms with Crippen LogP contribution in [0.1, 0.15) is 16.6 Å². The predicted molar refractivity (Wildman–Crippen MR) is 77.2 cm³/mol. The lowest BCUT2D eigenvalue weighted by atomic mass is 10.2. The van der Waals surface area contributed by atoms with Gasteiger partial charge in [0, 0.05) is 18.7 Å². The molecule has 2 heterocycles. The summed E-state index contributed by atoms with van der Waals surface area (Å²) in [6.45, 7) is 2.57. The number of hydrogen-bond donors (Lipinski definition) is 2. The van der Waals surface area contributed by atoms with Crippen molar-refractivity contribution in [1.82, 2.24) is 4.98 Å². The summed E-state index contributed by atoms with van der Waals surface area (Å²) in [6, 6.07) is 5.53. The van der Waals surface area contributed by atoms with Crippen molar-refractivity contribution in [3.63, 3.8) is 0 Å². The van der Waals surface area contributed by atoms with Gasteiger partial charge in [-0.3, -0.25) is 4.79 Å². The van der Waals surface area contributed by atoms with E-state index in [4.69, 9.17) is 15.2 Å². The minimum Gasteiger partial charge on any atom is -0.486 e. The summed E-state index contributed by atoms with van der Waals surface area (Å²) in [7, 11) is 0. The van der Waals surface area contributed by atoms with Crippen LogP contribution >= 0.6 is 11.3 Å². The maximum atomic E-state index is 11.3. The molecular formula is C13H13N3O3S. The number of Topliss-reactive ketones (excluding diaryl/α,β-unsaturated/α-hetero) is 1. The molecule has 0 saturated heterocycles. The summed E-state index contributed by atoms with van der Waals surface area (Å²) in [5.41, 5.74) is 6.50. The zero-order valence-corrected chi connectivity index (χ0v) is 11.6. The van der Waals surface area contributed by atoms with Gasteiger partial charge >= 0.3 is 0 Å². The Kier molecular flexibility index (Phi) is 3.19. The van der Waals surface area contributed by atoms with E-state index in [9.17, 15) is 4.79 Å². The Balaban J connectivity index is 1.84. The number of carbonyl (C=O) groups is 1. The Bertz CT molecular complexity index is 669. The number of nitrogens with zero attached hydrogens (tertiary/aromatic N) is 1. The molecule has 0 radical (unpaired) electrons. The topological polar surface area (TPSA) is 86.5 Å². The first-order valence-electron chi connectivity index (χ1n) is 6.07. The summed E-state index contributed by atoms with van der Waals surface area (Å²) in [5, 5.41) is 3.68. The molecule has 1 aliphatic heterocycles. The molecule has 7 heteroatoms. The van der Waals surface area contributed by atoms with Crippen LogP contribution in [0.5, 0.6) is 11.5 Å². The summed E-state index contributed by atoms with van der Waals surface area (Å²) in [6.07, 6.45) is 0. The Morgan fingerprint density at radius 2 is 2.10 bits per heavy atom. The van der Waals surface area contributed by atoms with E-state index in [2.05, 4.69) is 10.3 Å². The summed E-state index contributed by atoms with van der Waals surface area (Å²) >= 11 is 1.23. The molecule has 0 fully saturated rings. The van der Waals surface area contributed by atoms with E-state index in [1.165, 1.54) is 18.3 Å². The molecule has 0 amide bonds. The van der Waals surface area contributed by atoms with Gasteiger partial charge in [-0.25, -0.2) is 4.98 Å². The number of ketones is 1. The van der Waals surface area contributed by atoms with Crippen molar-refractivity contribution >= 4 is 33.8 Å². The van der Waals surface area contributed by atoms with Crippen molar-refractivity contribution in [2.75, 3.05) is 24.3 Å². The Morgan fingerprint density at radius 1 is 1.35 bits per heavy atom. The number of nitrogens with one attached hydrogen (secondary N) is 1. The SMILES string of the molecule is CC(=O)c1sc(Nc2ccc3c(c2)OCCO3)nc1N. The van der Waals surface area contributed by atoms with E-state index in [0.29, 0.717) is 29.0 Å². The summed E-state index contributed by atoms with van der Waals surface area (Å²) in [4.78, 5) is 15.9. The van der Waals surface area contributed by atoms with Crippen molar-refractivity contribution < 1.29 is 14.3 Å². The second kappa shape index (κ2) is 5.01. The highest BCUT2D eigenvalue weighted by Crippen LogP contribution is 2.35. The molecule has 0 saturated carbocycles. The highest BCUT2D eigenvalue weighted by atomic mass is 32.1. The number of thiazole rings is 1. The standard InChI is InChI=1S/C13H13N3O3S/c1-7(17)11-12(14)16-13(20-11)15-8-2-3-9-10(6-8)19-5-4-18-9/h2-3,6H,4-5,14H2,1H3,(H,15,16). The number of rotatable bonds is 3. The molecule has 104 valence electrons. The van der Waals surface area contributed by atoms with Gasteiger partial charge in [-0.05, 0) is 12.1 Å². The average Bonchev–Trinajstić information content (AvgIpc) is 2.79. The maximum absolute atomic E-state index is 11.3. The van der Waals surface area contributed by atoms with E-state index >= 15 is 0 Å². The molecule has 3 N–H and O–H groups in total. The lowest BCUT2D eigenvalue weighted by molar-refractivity contribution is 0.102. The zero-order chi connectivity index (χ0) is 14.1. The van der Waals surface area contributed by atoms with Gasteiger partial charge in [-0.2, -0.15) is 0 Å². The van der Waals surface area contributed by atoms with E-state index in [0.717, 1.165) is 11.4 Å². The third kappa shape index (κ3) is 2.39. The average molecular weight is 291 g/mol. The largest absolute Gasteiger partial charge is 0.486 e. The van der Waals surface area contributed by atoms with Crippen LogP contribution in [0.2, 0.25) is 0 Å². The molecule has 6 nitrogen and oxygen atoms in total. The molecule has 0 atom stereocenters. The number of benzene rings is 1. The first-order chi connectivity index (χ1) is 9.63. The van der Waals surface area contributed by atoms with Gasteiger partial charge < -0.3 is 20.5 Å². The van der Waals surface area contributed by atoms with Crippen LogP contribution in [0.25, 0.3) is 0 Å². The van der Waals surface area contributed by atoms with Gasteiger partial charge in [-0.1, -0.05) is 11.3 Å².